The van der Waals surface area contributed by atoms with Crippen molar-refractivity contribution in [3.63, 3.8) is 0 Å². The summed E-state index contributed by atoms with van der Waals surface area (Å²) in [6.45, 7) is 11.7. The second-order valence-corrected chi connectivity index (χ2v) is 16.2. The van der Waals surface area contributed by atoms with Gasteiger partial charge in [0.1, 0.15) is 30.3 Å². The van der Waals surface area contributed by atoms with Gasteiger partial charge in [-0.05, 0) is 64.4 Å². The van der Waals surface area contributed by atoms with Crippen LogP contribution in [0.25, 0.3) is 11.1 Å². The average molecular weight is 772 g/mol. The van der Waals surface area contributed by atoms with Crippen LogP contribution in [0, 0.1) is 10.8 Å². The Labute approximate surface area is 332 Å². The normalized spacial score (nSPS) is 11.3. The zero-order valence-electron chi connectivity index (χ0n) is 33.3. The standard InChI is InChI=1S/C43H47N9O5/c1-42(2,3)25-37(53)47-33-10-8-12-35(45-33)49-40(56)30-22-31(41(57)50-36-13-9-11-34(46-36)48-38(54)26-43(4,5)6)24-32(23-30)44-39(55)27-52-20-16-29(17-21-52)28-14-18-51(7)19-15-28/h8-24H,25-27H2,1-7H3,(H3-2,44,45,46,47,48,49,50,53,54,55,56,57)/p+2. The molecule has 5 rings (SSSR count). The molecule has 0 bridgehead atoms. The van der Waals surface area contributed by atoms with E-state index in [0.717, 1.165) is 11.1 Å². The lowest BCUT2D eigenvalue weighted by atomic mass is 9.92. The molecule has 1 aromatic carbocycles. The second-order valence-electron chi connectivity index (χ2n) is 16.2. The molecule has 0 fully saturated rings. The maximum Gasteiger partial charge on any atom is 0.290 e. The summed E-state index contributed by atoms with van der Waals surface area (Å²) >= 11 is 0. The van der Waals surface area contributed by atoms with Crippen LogP contribution < -0.4 is 35.7 Å². The molecular weight excluding hydrogens is 723 g/mol. The number of nitrogens with zero attached hydrogens (tertiary/aromatic N) is 4. The Kier molecular flexibility index (Phi) is 12.9. The van der Waals surface area contributed by atoms with E-state index in [1.807, 2.05) is 89.8 Å². The van der Waals surface area contributed by atoms with Gasteiger partial charge >= 0.3 is 0 Å². The van der Waals surface area contributed by atoms with Crippen LogP contribution in [0.2, 0.25) is 0 Å². The number of rotatable bonds is 12. The molecule has 0 atom stereocenters. The summed E-state index contributed by atoms with van der Waals surface area (Å²) in [6.07, 6.45) is 8.05. The maximum absolute atomic E-state index is 13.7. The van der Waals surface area contributed by atoms with E-state index in [2.05, 4.69) is 36.6 Å². The van der Waals surface area contributed by atoms with Gasteiger partial charge in [-0.1, -0.05) is 53.7 Å². The van der Waals surface area contributed by atoms with Gasteiger partial charge in [-0.25, -0.2) is 14.5 Å². The van der Waals surface area contributed by atoms with E-state index in [0.29, 0.717) is 0 Å². The lowest BCUT2D eigenvalue weighted by molar-refractivity contribution is -0.684. The van der Waals surface area contributed by atoms with E-state index in [1.54, 1.807) is 53.4 Å². The van der Waals surface area contributed by atoms with Crippen molar-refractivity contribution in [2.75, 3.05) is 26.6 Å². The Morgan fingerprint density at radius 1 is 0.526 bits per heavy atom. The smallest absolute Gasteiger partial charge is 0.290 e. The molecule has 5 N–H and O–H groups in total. The monoisotopic (exact) mass is 771 g/mol. The highest BCUT2D eigenvalue weighted by Gasteiger charge is 2.20. The number of anilines is 5. The number of carbonyl (C=O) groups excluding carboxylic acids is 5. The van der Waals surface area contributed by atoms with Crippen molar-refractivity contribution in [1.29, 1.82) is 0 Å². The number of carbonyl (C=O) groups is 5. The number of pyridine rings is 4. The summed E-state index contributed by atoms with van der Waals surface area (Å²) in [6, 6.07) is 21.7. The molecule has 4 heterocycles. The van der Waals surface area contributed by atoms with Crippen LogP contribution in [0.4, 0.5) is 29.0 Å². The minimum atomic E-state index is -0.619. The fourth-order valence-electron chi connectivity index (χ4n) is 5.64. The van der Waals surface area contributed by atoms with Crippen LogP contribution in [0.5, 0.6) is 0 Å². The Hall–Kier alpha value is -6.83. The summed E-state index contributed by atoms with van der Waals surface area (Å²) < 4.78 is 3.66. The van der Waals surface area contributed by atoms with Crippen LogP contribution in [-0.4, -0.2) is 39.5 Å². The SMILES string of the molecule is C[n+]1ccc(-c2cc[n+](CC(=O)Nc3cc(C(=O)Nc4cccc(NC(=O)CC(C)(C)C)n4)cc(C(=O)Nc4cccc(NC(=O)CC(C)(C)C)n4)c3)cc2)cc1. The highest BCUT2D eigenvalue weighted by Crippen LogP contribution is 2.23. The van der Waals surface area contributed by atoms with Crippen LogP contribution in [-0.2, 0) is 28.0 Å². The molecule has 294 valence electrons. The van der Waals surface area contributed by atoms with E-state index in [1.165, 1.54) is 18.2 Å². The molecule has 0 radical (unpaired) electrons. The largest absolute Gasteiger partial charge is 0.321 e. The van der Waals surface area contributed by atoms with Crippen molar-refractivity contribution in [1.82, 2.24) is 9.97 Å². The van der Waals surface area contributed by atoms with Crippen molar-refractivity contribution < 1.29 is 33.1 Å². The number of aryl methyl sites for hydroxylation is 1. The molecular formula is C43H49N9O5+2. The van der Waals surface area contributed by atoms with Gasteiger partial charge in [-0.2, -0.15) is 4.57 Å². The molecule has 5 aromatic rings. The third kappa shape index (κ3) is 13.2. The van der Waals surface area contributed by atoms with E-state index < -0.39 is 17.7 Å². The first-order valence-corrected chi connectivity index (χ1v) is 18.4. The third-order valence-corrected chi connectivity index (χ3v) is 8.17. The van der Waals surface area contributed by atoms with Crippen LogP contribution >= 0.6 is 0 Å². The van der Waals surface area contributed by atoms with Crippen molar-refractivity contribution in [3.05, 3.63) is 115 Å². The summed E-state index contributed by atoms with van der Waals surface area (Å²) in [5, 5.41) is 13.7. The summed E-state index contributed by atoms with van der Waals surface area (Å²) in [7, 11) is 1.94. The lowest BCUT2D eigenvalue weighted by Crippen LogP contribution is -2.39. The van der Waals surface area contributed by atoms with Gasteiger partial charge in [0.05, 0.1) is 0 Å². The number of nitrogens with one attached hydrogen (secondary N) is 5. The first kappa shape index (κ1) is 41.3. The molecule has 0 spiro atoms. The molecule has 5 amide bonds. The van der Waals surface area contributed by atoms with Gasteiger partial charge in [0.15, 0.2) is 24.8 Å². The maximum atomic E-state index is 13.7. The molecule has 57 heavy (non-hydrogen) atoms. The molecule has 0 saturated carbocycles. The van der Waals surface area contributed by atoms with Crippen molar-refractivity contribution in [2.45, 2.75) is 60.9 Å². The molecule has 0 aliphatic carbocycles. The summed E-state index contributed by atoms with van der Waals surface area (Å²) in [4.78, 5) is 74.4. The van der Waals surface area contributed by atoms with E-state index in [4.69, 9.17) is 0 Å². The van der Waals surface area contributed by atoms with Gasteiger partial charge in [0.25, 0.3) is 17.7 Å². The van der Waals surface area contributed by atoms with Gasteiger partial charge in [0, 0.05) is 53.9 Å². The minimum Gasteiger partial charge on any atom is -0.321 e. The third-order valence-electron chi connectivity index (χ3n) is 8.17. The van der Waals surface area contributed by atoms with Crippen molar-refractivity contribution in [3.8, 4) is 11.1 Å². The summed E-state index contributed by atoms with van der Waals surface area (Å²) in [5.74, 6) is -1.23. The van der Waals surface area contributed by atoms with Crippen molar-refractivity contribution in [2.24, 2.45) is 17.9 Å². The topological polar surface area (TPSA) is 179 Å². The van der Waals surface area contributed by atoms with E-state index in [9.17, 15) is 24.0 Å². The van der Waals surface area contributed by atoms with Gasteiger partial charge in [-0.3, -0.25) is 24.0 Å². The quantitative estimate of drug-likeness (QED) is 0.0945. The predicted molar refractivity (Wildman–Crippen MR) is 218 cm³/mol. The van der Waals surface area contributed by atoms with Gasteiger partial charge < -0.3 is 26.6 Å². The number of benzene rings is 1. The Bertz CT molecular complexity index is 2170. The summed E-state index contributed by atoms with van der Waals surface area (Å²) in [5.41, 5.74) is 1.85. The fraction of sp³-hybridized carbons (Fsp3) is 0.279. The highest BCUT2D eigenvalue weighted by molar-refractivity contribution is 6.10. The predicted octanol–water partition coefficient (Wildman–Crippen LogP) is 6.15. The lowest BCUT2D eigenvalue weighted by Gasteiger charge is -2.17. The Morgan fingerprint density at radius 3 is 1.35 bits per heavy atom. The van der Waals surface area contributed by atoms with Crippen LogP contribution in [0.1, 0.15) is 75.1 Å². The Morgan fingerprint density at radius 2 is 0.930 bits per heavy atom. The molecule has 4 aromatic heterocycles. The molecule has 14 nitrogen and oxygen atoms in total. The average Bonchev–Trinajstić information content (AvgIpc) is 3.11. The fourth-order valence-corrected chi connectivity index (χ4v) is 5.64. The number of hydrogen-bond acceptors (Lipinski definition) is 7. The highest BCUT2D eigenvalue weighted by atomic mass is 16.2. The molecule has 0 aliphatic rings. The molecule has 14 heteroatoms. The van der Waals surface area contributed by atoms with Crippen molar-refractivity contribution >= 4 is 58.5 Å². The first-order chi connectivity index (χ1) is 26.9. The molecule has 0 aliphatic heterocycles. The number of aromatic nitrogens is 4. The van der Waals surface area contributed by atoms with Gasteiger partial charge in [0.2, 0.25) is 18.4 Å². The first-order valence-electron chi connectivity index (χ1n) is 18.4. The molecule has 0 saturated heterocycles. The second kappa shape index (κ2) is 17.8. The van der Waals surface area contributed by atoms with Crippen LogP contribution in [0.3, 0.4) is 0 Å². The van der Waals surface area contributed by atoms with E-state index in [-0.39, 0.29) is 82.1 Å². The Balaban J connectivity index is 1.36. The van der Waals surface area contributed by atoms with Gasteiger partial charge in [-0.15, -0.1) is 0 Å². The number of hydrogen-bond donors (Lipinski definition) is 5. The van der Waals surface area contributed by atoms with Crippen LogP contribution in [0.15, 0.2) is 104 Å². The minimum absolute atomic E-state index is 0.0444. The van der Waals surface area contributed by atoms with E-state index >= 15 is 0 Å². The number of amides is 5. The zero-order chi connectivity index (χ0) is 41.3. The molecule has 0 unspecified atom stereocenters. The zero-order valence-corrected chi connectivity index (χ0v) is 33.3.